The highest BCUT2D eigenvalue weighted by Crippen LogP contribution is 2.33. The molecule has 0 saturated heterocycles. The Kier molecular flexibility index (Phi) is 3.58. The van der Waals surface area contributed by atoms with Crippen molar-refractivity contribution in [1.82, 2.24) is 9.97 Å². The van der Waals surface area contributed by atoms with Crippen LogP contribution in [0.25, 0.3) is 11.3 Å². The number of hydrogen-bond acceptors (Lipinski definition) is 3. The largest absolute Gasteiger partial charge is 0.279 e. The van der Waals surface area contributed by atoms with Crippen LogP contribution in [0.5, 0.6) is 0 Å². The smallest absolute Gasteiger partial charge is 0.135 e. The molecule has 4 rings (SSSR count). The molecule has 3 nitrogen and oxygen atoms in total. The predicted octanol–water partition coefficient (Wildman–Crippen LogP) is 4.43. The maximum atomic E-state index is 14.3. The van der Waals surface area contributed by atoms with E-state index in [1.807, 2.05) is 0 Å². The third-order valence-corrected chi connectivity index (χ3v) is 4.12. The van der Waals surface area contributed by atoms with Gasteiger partial charge in [0, 0.05) is 27.9 Å². The van der Waals surface area contributed by atoms with Crippen molar-refractivity contribution < 1.29 is 8.78 Å². The molecule has 0 radical (unpaired) electrons. The Morgan fingerprint density at radius 1 is 1.00 bits per heavy atom. The van der Waals surface area contributed by atoms with Crippen molar-refractivity contribution in [2.45, 2.75) is 6.54 Å². The molecular weight excluding hydrogens is 332 g/mol. The van der Waals surface area contributed by atoms with Crippen LogP contribution >= 0.6 is 11.6 Å². The van der Waals surface area contributed by atoms with E-state index in [1.54, 1.807) is 24.4 Å². The van der Waals surface area contributed by atoms with Gasteiger partial charge in [-0.1, -0.05) is 23.7 Å². The van der Waals surface area contributed by atoms with Gasteiger partial charge in [0.15, 0.2) is 0 Å². The van der Waals surface area contributed by atoms with Crippen molar-refractivity contribution in [3.05, 3.63) is 82.3 Å². The van der Waals surface area contributed by atoms with Crippen LogP contribution < -0.4 is 0 Å². The third kappa shape index (κ3) is 2.37. The Labute approximate surface area is 141 Å². The van der Waals surface area contributed by atoms with Gasteiger partial charge in [0.05, 0.1) is 23.5 Å². The molecular formula is C18H10ClF2N3. The Bertz CT molecular complexity index is 965. The standard InChI is InChI=1S/C18H10ClF2N3/c19-11-4-5-12-13(6-11)18(16-14(20)2-1-3-15(16)21)23-8-10-7-22-9-24-17(10)12/h1-7,9H,8H2. The minimum Gasteiger partial charge on any atom is -0.279 e. The molecule has 0 amide bonds. The van der Waals surface area contributed by atoms with Crippen molar-refractivity contribution in [1.29, 1.82) is 0 Å². The summed E-state index contributed by atoms with van der Waals surface area (Å²) in [6, 6.07) is 8.89. The molecule has 3 aromatic rings. The molecule has 0 bridgehead atoms. The first-order chi connectivity index (χ1) is 11.6. The normalized spacial score (nSPS) is 12.9. The van der Waals surface area contributed by atoms with Gasteiger partial charge in [-0.05, 0) is 24.3 Å². The van der Waals surface area contributed by atoms with Gasteiger partial charge >= 0.3 is 0 Å². The number of aliphatic imine (C=N–C) groups is 1. The van der Waals surface area contributed by atoms with Gasteiger partial charge in [0.25, 0.3) is 0 Å². The zero-order chi connectivity index (χ0) is 16.7. The van der Waals surface area contributed by atoms with Crippen LogP contribution in [0.3, 0.4) is 0 Å². The highest BCUT2D eigenvalue weighted by atomic mass is 35.5. The summed E-state index contributed by atoms with van der Waals surface area (Å²) in [6.07, 6.45) is 3.09. The average Bonchev–Trinajstić information content (AvgIpc) is 2.72. The van der Waals surface area contributed by atoms with E-state index in [-0.39, 0.29) is 17.8 Å². The minimum atomic E-state index is -0.670. The van der Waals surface area contributed by atoms with Gasteiger partial charge in [-0.25, -0.2) is 18.7 Å². The van der Waals surface area contributed by atoms with Gasteiger partial charge in [-0.15, -0.1) is 0 Å². The third-order valence-electron chi connectivity index (χ3n) is 3.89. The van der Waals surface area contributed by atoms with Gasteiger partial charge < -0.3 is 0 Å². The van der Waals surface area contributed by atoms with Gasteiger partial charge in [-0.3, -0.25) is 4.99 Å². The van der Waals surface area contributed by atoms with Crippen LogP contribution in [0.1, 0.15) is 16.7 Å². The van der Waals surface area contributed by atoms with Crippen molar-refractivity contribution >= 4 is 17.3 Å². The van der Waals surface area contributed by atoms with Gasteiger partial charge in [0.1, 0.15) is 18.0 Å². The summed E-state index contributed by atoms with van der Waals surface area (Å²) in [7, 11) is 0. The molecule has 2 aromatic carbocycles. The first-order valence-corrected chi connectivity index (χ1v) is 7.61. The molecule has 0 atom stereocenters. The second-order valence-electron chi connectivity index (χ2n) is 5.35. The lowest BCUT2D eigenvalue weighted by atomic mass is 9.95. The number of halogens is 3. The second kappa shape index (κ2) is 5.76. The fraction of sp³-hybridized carbons (Fsp3) is 0.0556. The van der Waals surface area contributed by atoms with E-state index in [0.717, 1.165) is 11.1 Å². The summed E-state index contributed by atoms with van der Waals surface area (Å²) in [4.78, 5) is 12.8. The zero-order valence-electron chi connectivity index (χ0n) is 12.3. The summed E-state index contributed by atoms with van der Waals surface area (Å²) >= 11 is 6.11. The molecule has 6 heteroatoms. The summed E-state index contributed by atoms with van der Waals surface area (Å²) in [5.74, 6) is -1.34. The Hall–Kier alpha value is -2.66. The van der Waals surface area contributed by atoms with E-state index in [9.17, 15) is 8.78 Å². The highest BCUT2D eigenvalue weighted by Gasteiger charge is 2.24. The molecule has 0 spiro atoms. The number of nitrogens with zero attached hydrogens (tertiary/aromatic N) is 3. The summed E-state index contributed by atoms with van der Waals surface area (Å²) in [6.45, 7) is 0.228. The highest BCUT2D eigenvalue weighted by molar-refractivity contribution is 6.31. The second-order valence-corrected chi connectivity index (χ2v) is 5.78. The summed E-state index contributed by atoms with van der Waals surface area (Å²) < 4.78 is 28.6. The lowest BCUT2D eigenvalue weighted by molar-refractivity contribution is 0.579. The zero-order valence-corrected chi connectivity index (χ0v) is 13.1. The Balaban J connectivity index is 2.04. The van der Waals surface area contributed by atoms with Crippen molar-refractivity contribution in [3.63, 3.8) is 0 Å². The van der Waals surface area contributed by atoms with E-state index in [4.69, 9.17) is 11.6 Å². The molecule has 1 aromatic heterocycles. The molecule has 0 fully saturated rings. The van der Waals surface area contributed by atoms with Crippen LogP contribution in [0.15, 0.2) is 53.9 Å². The fourth-order valence-corrected chi connectivity index (χ4v) is 2.99. The molecule has 1 aliphatic rings. The van der Waals surface area contributed by atoms with Crippen LogP contribution in [0, 0.1) is 11.6 Å². The minimum absolute atomic E-state index is 0.165. The molecule has 118 valence electrons. The van der Waals surface area contributed by atoms with Crippen LogP contribution in [0.2, 0.25) is 5.02 Å². The Morgan fingerprint density at radius 3 is 2.58 bits per heavy atom. The molecule has 1 aliphatic heterocycles. The van der Waals surface area contributed by atoms with E-state index < -0.39 is 11.6 Å². The SMILES string of the molecule is Fc1cccc(F)c1C1=NCc2cncnc2-c2ccc(Cl)cc21. The maximum Gasteiger partial charge on any atom is 0.135 e. The van der Waals surface area contributed by atoms with Crippen LogP contribution in [0.4, 0.5) is 8.78 Å². The predicted molar refractivity (Wildman–Crippen MR) is 88.2 cm³/mol. The number of benzene rings is 2. The van der Waals surface area contributed by atoms with Crippen molar-refractivity contribution in [2.24, 2.45) is 4.99 Å². The van der Waals surface area contributed by atoms with Crippen LogP contribution in [-0.2, 0) is 6.54 Å². The van der Waals surface area contributed by atoms with E-state index in [2.05, 4.69) is 15.0 Å². The lowest BCUT2D eigenvalue weighted by Gasteiger charge is -2.12. The molecule has 0 unspecified atom stereocenters. The van der Waals surface area contributed by atoms with Crippen LogP contribution in [-0.4, -0.2) is 15.7 Å². The summed E-state index contributed by atoms with van der Waals surface area (Å²) in [5.41, 5.74) is 2.79. The first kappa shape index (κ1) is 14.9. The van der Waals surface area contributed by atoms with E-state index >= 15 is 0 Å². The number of hydrogen-bond donors (Lipinski definition) is 0. The molecule has 0 aliphatic carbocycles. The lowest BCUT2D eigenvalue weighted by Crippen LogP contribution is -2.10. The first-order valence-electron chi connectivity index (χ1n) is 7.23. The number of rotatable bonds is 1. The van der Waals surface area contributed by atoms with E-state index in [1.165, 1.54) is 24.5 Å². The molecule has 24 heavy (non-hydrogen) atoms. The topological polar surface area (TPSA) is 38.1 Å². The van der Waals surface area contributed by atoms with Gasteiger partial charge in [0.2, 0.25) is 0 Å². The summed E-state index contributed by atoms with van der Waals surface area (Å²) in [5, 5.41) is 0.454. The average molecular weight is 342 g/mol. The number of aromatic nitrogens is 2. The molecule has 0 N–H and O–H groups in total. The number of fused-ring (bicyclic) bond motifs is 3. The van der Waals surface area contributed by atoms with Crippen molar-refractivity contribution in [2.75, 3.05) is 0 Å². The monoisotopic (exact) mass is 341 g/mol. The van der Waals surface area contributed by atoms with E-state index in [0.29, 0.717) is 16.3 Å². The fourth-order valence-electron chi connectivity index (χ4n) is 2.82. The maximum absolute atomic E-state index is 14.3. The molecule has 0 saturated carbocycles. The quantitative estimate of drug-likeness (QED) is 0.657. The Morgan fingerprint density at radius 2 is 1.79 bits per heavy atom. The van der Waals surface area contributed by atoms with Gasteiger partial charge in [-0.2, -0.15) is 0 Å². The molecule has 2 heterocycles. The van der Waals surface area contributed by atoms with Crippen molar-refractivity contribution in [3.8, 4) is 11.3 Å².